The van der Waals surface area contributed by atoms with Crippen molar-refractivity contribution < 1.29 is 21.7 Å². The average molecular weight is 501 g/mol. The molecule has 0 heterocycles. The average Bonchev–Trinajstić information content (AvgIpc) is 2.83. The predicted octanol–water partition coefficient (Wildman–Crippen LogP) is 12.1. The van der Waals surface area contributed by atoms with E-state index in [-0.39, 0.29) is 21.7 Å². The van der Waals surface area contributed by atoms with Crippen molar-refractivity contribution in [1.29, 1.82) is 0 Å². The fourth-order valence-electron chi connectivity index (χ4n) is 2.79. The van der Waals surface area contributed by atoms with E-state index in [1.807, 2.05) is 0 Å². The van der Waals surface area contributed by atoms with Gasteiger partial charge in [0.2, 0.25) is 0 Å². The third-order valence-electron chi connectivity index (χ3n) is 6.17. The third-order valence-corrected chi connectivity index (χ3v) is 6.17. The van der Waals surface area contributed by atoms with Crippen LogP contribution in [0.25, 0.3) is 0 Å². The van der Waals surface area contributed by atoms with Crippen LogP contribution in [0.5, 0.6) is 0 Å². The van der Waals surface area contributed by atoms with Crippen LogP contribution in [-0.2, 0) is 21.7 Å². The summed E-state index contributed by atoms with van der Waals surface area (Å²) in [6.45, 7) is 33.7. The first-order chi connectivity index (χ1) is 15.2. The van der Waals surface area contributed by atoms with E-state index in [4.69, 9.17) is 0 Å². The topological polar surface area (TPSA) is 0 Å². The Hall–Kier alpha value is 0.714. The van der Waals surface area contributed by atoms with E-state index in [0.717, 1.165) is 0 Å². The van der Waals surface area contributed by atoms with Crippen molar-refractivity contribution in [3.05, 3.63) is 27.7 Å². The second-order valence-electron chi connectivity index (χ2n) is 9.67. The molecule has 0 saturated heterocycles. The van der Waals surface area contributed by atoms with Crippen molar-refractivity contribution in [2.45, 2.75) is 158 Å². The molecule has 0 saturated carbocycles. The van der Waals surface area contributed by atoms with Crippen molar-refractivity contribution >= 4 is 0 Å². The molecule has 0 aliphatic carbocycles. The Labute approximate surface area is 230 Å². The zero-order chi connectivity index (χ0) is 25.6. The van der Waals surface area contributed by atoms with Crippen molar-refractivity contribution in [3.63, 3.8) is 0 Å². The van der Waals surface area contributed by atoms with E-state index < -0.39 is 0 Å². The van der Waals surface area contributed by atoms with E-state index >= 15 is 0 Å². The van der Waals surface area contributed by atoms with Crippen molar-refractivity contribution in [3.8, 4) is 0 Å². The Kier molecular flexibility index (Phi) is 52.9. The molecule has 0 aromatic heterocycles. The molecular formula is C32H68Ti. The normalized spacial score (nSPS) is 13.5. The first-order valence-electron chi connectivity index (χ1n) is 14.6. The molecule has 0 rings (SSSR count). The molecule has 0 nitrogen and oxygen atoms in total. The van der Waals surface area contributed by atoms with Crippen LogP contribution in [-0.4, -0.2) is 0 Å². The Morgan fingerprint density at radius 1 is 0.364 bits per heavy atom. The van der Waals surface area contributed by atoms with Crippen LogP contribution < -0.4 is 0 Å². The second-order valence-corrected chi connectivity index (χ2v) is 9.67. The van der Waals surface area contributed by atoms with E-state index in [1.54, 1.807) is 0 Å². The van der Waals surface area contributed by atoms with Crippen LogP contribution in [0.2, 0.25) is 0 Å². The summed E-state index contributed by atoms with van der Waals surface area (Å²) in [5, 5.41) is 0. The molecule has 0 aliphatic rings. The molecule has 0 aromatic carbocycles. The first kappa shape index (κ1) is 43.8. The van der Waals surface area contributed by atoms with Gasteiger partial charge < -0.3 is 27.7 Å². The van der Waals surface area contributed by atoms with Gasteiger partial charge >= 0.3 is 21.7 Å². The minimum atomic E-state index is 0. The Balaban J connectivity index is -0.000000105. The monoisotopic (exact) mass is 500 g/mol. The van der Waals surface area contributed by atoms with Crippen LogP contribution in [0.15, 0.2) is 0 Å². The Bertz CT molecular complexity index is 220. The van der Waals surface area contributed by atoms with Gasteiger partial charge in [-0.3, -0.25) is 0 Å². The molecule has 0 bridgehead atoms. The summed E-state index contributed by atoms with van der Waals surface area (Å²) >= 11 is 0. The summed E-state index contributed by atoms with van der Waals surface area (Å²) in [6.07, 6.45) is 20.8. The molecule has 200 valence electrons. The maximum absolute atomic E-state index is 3.99. The van der Waals surface area contributed by atoms with Crippen LogP contribution in [0.1, 0.15) is 158 Å². The molecule has 0 aliphatic heterocycles. The summed E-state index contributed by atoms with van der Waals surface area (Å²) in [5.74, 6) is 2.81. The molecule has 0 aromatic rings. The summed E-state index contributed by atoms with van der Waals surface area (Å²) in [5.41, 5.74) is 0. The molecule has 4 atom stereocenters. The minimum Gasteiger partial charge on any atom is -0.340 e. The molecule has 0 fully saturated rings. The van der Waals surface area contributed by atoms with Gasteiger partial charge in [0.1, 0.15) is 0 Å². The van der Waals surface area contributed by atoms with E-state index in [0.29, 0.717) is 23.7 Å². The van der Waals surface area contributed by atoms with Gasteiger partial charge in [-0.15, -0.1) is 0 Å². The van der Waals surface area contributed by atoms with Crippen molar-refractivity contribution in [2.24, 2.45) is 23.7 Å². The summed E-state index contributed by atoms with van der Waals surface area (Å²) in [7, 11) is 0. The minimum absolute atomic E-state index is 0. The predicted molar refractivity (Wildman–Crippen MR) is 155 cm³/mol. The number of hydrogen-bond donors (Lipinski definition) is 0. The maximum Gasteiger partial charge on any atom is 4.00 e. The molecule has 0 spiro atoms. The van der Waals surface area contributed by atoms with E-state index in [1.165, 1.54) is 103 Å². The molecule has 4 unspecified atom stereocenters. The Morgan fingerprint density at radius 2 is 0.515 bits per heavy atom. The number of unbranched alkanes of at least 4 members (excludes halogenated alkanes) is 4. The molecule has 0 N–H and O–H groups in total. The summed E-state index contributed by atoms with van der Waals surface area (Å²) in [6, 6.07) is 0. The fourth-order valence-corrected chi connectivity index (χ4v) is 2.79. The van der Waals surface area contributed by atoms with Gasteiger partial charge in [0.15, 0.2) is 0 Å². The number of hydrogen-bond acceptors (Lipinski definition) is 0. The van der Waals surface area contributed by atoms with Gasteiger partial charge in [-0.1, -0.05) is 158 Å². The zero-order valence-corrected chi connectivity index (χ0v) is 26.5. The Morgan fingerprint density at radius 3 is 0.606 bits per heavy atom. The van der Waals surface area contributed by atoms with Gasteiger partial charge in [-0.2, -0.15) is 23.7 Å². The maximum atomic E-state index is 3.99. The smallest absolute Gasteiger partial charge is 0.340 e. The summed E-state index contributed by atoms with van der Waals surface area (Å²) < 4.78 is 0. The zero-order valence-electron chi connectivity index (χ0n) is 25.0. The van der Waals surface area contributed by atoms with Gasteiger partial charge in [-0.05, 0) is 0 Å². The van der Waals surface area contributed by atoms with Crippen LogP contribution in [0, 0.1) is 51.4 Å². The van der Waals surface area contributed by atoms with Gasteiger partial charge in [0.05, 0.1) is 0 Å². The van der Waals surface area contributed by atoms with Crippen molar-refractivity contribution in [2.75, 3.05) is 0 Å². The fraction of sp³-hybridized carbons (Fsp3) is 0.875. The van der Waals surface area contributed by atoms with Crippen LogP contribution in [0.4, 0.5) is 0 Å². The summed E-state index contributed by atoms with van der Waals surface area (Å²) in [4.78, 5) is 0. The van der Waals surface area contributed by atoms with E-state index in [9.17, 15) is 0 Å². The standard InChI is InChI=1S/4C8H17.Ti/c4*1-4-6-7-8(3)5-2;/h4*8H,3-7H2,1-2H3;/q4*-1;+4. The van der Waals surface area contributed by atoms with Crippen molar-refractivity contribution in [1.82, 2.24) is 0 Å². The molecule has 0 radical (unpaired) electrons. The first-order valence-corrected chi connectivity index (χ1v) is 14.6. The van der Waals surface area contributed by atoms with Gasteiger partial charge in [0, 0.05) is 0 Å². The SMILES string of the molecule is [CH2-]C(CC)CCCC.[CH2-]C(CC)CCCC.[CH2-]C(CC)CCCC.[CH2-]C(CC)CCCC.[Ti+4]. The second kappa shape index (κ2) is 39.9. The molecule has 33 heavy (non-hydrogen) atoms. The van der Waals surface area contributed by atoms with Gasteiger partial charge in [-0.25, -0.2) is 0 Å². The number of rotatable bonds is 16. The molecule has 1 heteroatoms. The van der Waals surface area contributed by atoms with Gasteiger partial charge in [0.25, 0.3) is 0 Å². The van der Waals surface area contributed by atoms with E-state index in [2.05, 4.69) is 83.1 Å². The quantitative estimate of drug-likeness (QED) is 0.146. The molecular weight excluding hydrogens is 432 g/mol. The van der Waals surface area contributed by atoms with Crippen LogP contribution in [0.3, 0.4) is 0 Å². The largest absolute Gasteiger partial charge is 4.00 e. The van der Waals surface area contributed by atoms with Crippen LogP contribution >= 0.6 is 0 Å². The third kappa shape index (κ3) is 50.5. The molecule has 0 amide bonds.